The molecule has 25 heavy (non-hydrogen) atoms. The molecule has 0 saturated heterocycles. The van der Waals surface area contributed by atoms with Crippen LogP contribution in [0.1, 0.15) is 105 Å². The minimum absolute atomic E-state index is 0.694. The molecule has 4 aliphatic rings. The van der Waals surface area contributed by atoms with Crippen molar-refractivity contribution in [1.29, 1.82) is 0 Å². The fourth-order valence-electron chi connectivity index (χ4n) is 8.60. The van der Waals surface area contributed by atoms with Crippen molar-refractivity contribution in [3.8, 4) is 0 Å². The van der Waals surface area contributed by atoms with Crippen LogP contribution in [-0.4, -0.2) is 0 Å². The number of hydrogen-bond acceptors (Lipinski definition) is 0. The van der Waals surface area contributed by atoms with E-state index in [0.717, 1.165) is 47.3 Å². The quantitative estimate of drug-likeness (QED) is 0.489. The average Bonchev–Trinajstić information content (AvgIpc) is 2.96. The molecule has 0 nitrogen and oxygen atoms in total. The Hall–Kier alpha value is 0. The van der Waals surface area contributed by atoms with Crippen LogP contribution in [0.2, 0.25) is 0 Å². The lowest BCUT2D eigenvalue weighted by Gasteiger charge is -2.56. The molecule has 0 aliphatic heterocycles. The summed E-state index contributed by atoms with van der Waals surface area (Å²) in [5, 5.41) is 0. The molecule has 0 aromatic heterocycles. The summed E-state index contributed by atoms with van der Waals surface area (Å²) >= 11 is 0. The van der Waals surface area contributed by atoms with E-state index in [1.54, 1.807) is 57.8 Å². The Kier molecular flexibility index (Phi) is 5.29. The van der Waals surface area contributed by atoms with Crippen LogP contribution < -0.4 is 0 Å². The third kappa shape index (κ3) is 3.23. The van der Waals surface area contributed by atoms with Crippen LogP contribution in [0, 0.1) is 52.8 Å². The van der Waals surface area contributed by atoms with Gasteiger partial charge >= 0.3 is 0 Å². The average molecular weight is 345 g/mol. The molecule has 0 heteroatoms. The molecule has 0 heterocycles. The summed E-state index contributed by atoms with van der Waals surface area (Å²) in [6.45, 7) is 10.1. The van der Waals surface area contributed by atoms with Gasteiger partial charge in [-0.3, -0.25) is 0 Å². The maximum Gasteiger partial charge on any atom is -0.0264 e. The summed E-state index contributed by atoms with van der Waals surface area (Å²) in [5.74, 6) is 8.45. The van der Waals surface area contributed by atoms with E-state index in [2.05, 4.69) is 27.7 Å². The van der Waals surface area contributed by atoms with Gasteiger partial charge in [0, 0.05) is 0 Å². The highest BCUT2D eigenvalue weighted by Crippen LogP contribution is 2.65. The second-order valence-corrected chi connectivity index (χ2v) is 11.4. The largest absolute Gasteiger partial charge is 0.0628 e. The molecule has 4 saturated carbocycles. The Labute approximate surface area is 157 Å². The lowest BCUT2D eigenvalue weighted by Crippen LogP contribution is -2.48. The van der Waals surface area contributed by atoms with Crippen LogP contribution in [-0.2, 0) is 0 Å². The summed E-state index contributed by atoms with van der Waals surface area (Å²) < 4.78 is 0. The van der Waals surface area contributed by atoms with Crippen LogP contribution in [0.15, 0.2) is 0 Å². The Morgan fingerprint density at radius 3 is 2.36 bits per heavy atom. The maximum atomic E-state index is 2.74. The third-order valence-electron chi connectivity index (χ3n) is 9.84. The van der Waals surface area contributed by atoms with Crippen molar-refractivity contribution in [3.63, 3.8) is 0 Å². The van der Waals surface area contributed by atoms with Crippen molar-refractivity contribution in [2.45, 2.75) is 105 Å². The zero-order chi connectivity index (χ0) is 17.6. The summed E-state index contributed by atoms with van der Waals surface area (Å²) in [7, 11) is 0. The highest BCUT2D eigenvalue weighted by Gasteiger charge is 2.57. The summed E-state index contributed by atoms with van der Waals surface area (Å²) in [6, 6.07) is 0. The first-order valence-corrected chi connectivity index (χ1v) is 12.0. The molecule has 144 valence electrons. The van der Waals surface area contributed by atoms with Crippen molar-refractivity contribution < 1.29 is 0 Å². The monoisotopic (exact) mass is 344 g/mol. The molecule has 0 N–H and O–H groups in total. The second kappa shape index (κ2) is 7.20. The first-order valence-electron chi connectivity index (χ1n) is 12.0. The standard InChI is InChI=1S/C25H44/c1-17(2)9-10-18(3)23-13-14-24-22-12-11-19-7-5-6-8-20(19)21(22)15-16-25(23,24)4/h17-24H,5-16H2,1-4H3. The van der Waals surface area contributed by atoms with Gasteiger partial charge in [-0.15, -0.1) is 0 Å². The summed E-state index contributed by atoms with van der Waals surface area (Å²) in [4.78, 5) is 0. The van der Waals surface area contributed by atoms with E-state index in [1.807, 2.05) is 0 Å². The molecule has 8 atom stereocenters. The van der Waals surface area contributed by atoms with Crippen LogP contribution in [0.3, 0.4) is 0 Å². The molecule has 0 aromatic rings. The highest BCUT2D eigenvalue weighted by molar-refractivity contribution is 5.06. The molecule has 0 radical (unpaired) electrons. The maximum absolute atomic E-state index is 2.74. The van der Waals surface area contributed by atoms with Gasteiger partial charge in [-0.1, -0.05) is 59.8 Å². The fraction of sp³-hybridized carbons (Fsp3) is 1.00. The lowest BCUT2D eigenvalue weighted by molar-refractivity contribution is -0.0688. The normalized spacial score (nSPS) is 47.9. The molecular formula is C25H44. The van der Waals surface area contributed by atoms with Gasteiger partial charge in [0.05, 0.1) is 0 Å². The third-order valence-corrected chi connectivity index (χ3v) is 9.84. The number of rotatable bonds is 4. The Morgan fingerprint density at radius 1 is 0.760 bits per heavy atom. The minimum atomic E-state index is 0.694. The van der Waals surface area contributed by atoms with Crippen molar-refractivity contribution in [3.05, 3.63) is 0 Å². The molecular weight excluding hydrogens is 300 g/mol. The molecule has 0 amide bonds. The number of fused-ring (bicyclic) bond motifs is 5. The van der Waals surface area contributed by atoms with Gasteiger partial charge in [0.25, 0.3) is 0 Å². The first kappa shape index (κ1) is 18.4. The topological polar surface area (TPSA) is 0 Å². The molecule has 8 unspecified atom stereocenters. The van der Waals surface area contributed by atoms with Crippen LogP contribution in [0.25, 0.3) is 0 Å². The van der Waals surface area contributed by atoms with E-state index in [9.17, 15) is 0 Å². The van der Waals surface area contributed by atoms with Gasteiger partial charge in [-0.05, 0) is 97.7 Å². The van der Waals surface area contributed by atoms with Gasteiger partial charge in [-0.2, -0.15) is 0 Å². The smallest absolute Gasteiger partial charge is 0.0264 e. The van der Waals surface area contributed by atoms with Crippen molar-refractivity contribution in [2.24, 2.45) is 52.8 Å². The molecule has 4 fully saturated rings. The fourth-order valence-corrected chi connectivity index (χ4v) is 8.60. The lowest BCUT2D eigenvalue weighted by atomic mass is 9.49. The van der Waals surface area contributed by atoms with E-state index >= 15 is 0 Å². The van der Waals surface area contributed by atoms with Crippen molar-refractivity contribution in [1.82, 2.24) is 0 Å². The molecule has 4 aliphatic carbocycles. The molecule has 0 aromatic carbocycles. The zero-order valence-electron chi connectivity index (χ0n) is 17.6. The predicted octanol–water partition coefficient (Wildman–Crippen LogP) is 7.72. The minimum Gasteiger partial charge on any atom is -0.0628 e. The summed E-state index contributed by atoms with van der Waals surface area (Å²) in [5.41, 5.74) is 0.694. The summed E-state index contributed by atoms with van der Waals surface area (Å²) in [6.07, 6.45) is 18.6. The van der Waals surface area contributed by atoms with Crippen LogP contribution in [0.4, 0.5) is 0 Å². The second-order valence-electron chi connectivity index (χ2n) is 11.4. The molecule has 4 rings (SSSR count). The Balaban J connectivity index is 1.47. The number of hydrogen-bond donors (Lipinski definition) is 0. The zero-order valence-corrected chi connectivity index (χ0v) is 17.6. The van der Waals surface area contributed by atoms with Crippen molar-refractivity contribution in [2.75, 3.05) is 0 Å². The highest BCUT2D eigenvalue weighted by atomic mass is 14.6. The SMILES string of the molecule is CC(C)CCC(C)C1CCC2C3CCC4CCCCC4C3CCC12C. The Bertz CT molecular complexity index is 451. The molecule has 0 bridgehead atoms. The van der Waals surface area contributed by atoms with E-state index < -0.39 is 0 Å². The van der Waals surface area contributed by atoms with E-state index in [4.69, 9.17) is 0 Å². The molecule has 0 spiro atoms. The van der Waals surface area contributed by atoms with E-state index in [1.165, 1.54) is 19.3 Å². The Morgan fingerprint density at radius 2 is 1.56 bits per heavy atom. The van der Waals surface area contributed by atoms with Gasteiger partial charge in [0.1, 0.15) is 0 Å². The van der Waals surface area contributed by atoms with E-state index in [0.29, 0.717) is 5.41 Å². The van der Waals surface area contributed by atoms with Crippen LogP contribution >= 0.6 is 0 Å². The van der Waals surface area contributed by atoms with Gasteiger partial charge < -0.3 is 0 Å². The van der Waals surface area contributed by atoms with Gasteiger partial charge in [0.15, 0.2) is 0 Å². The van der Waals surface area contributed by atoms with Crippen LogP contribution in [0.5, 0.6) is 0 Å². The van der Waals surface area contributed by atoms with Gasteiger partial charge in [-0.25, -0.2) is 0 Å². The predicted molar refractivity (Wildman–Crippen MR) is 108 cm³/mol. The van der Waals surface area contributed by atoms with Crippen molar-refractivity contribution >= 4 is 0 Å². The first-order chi connectivity index (χ1) is 12.0. The van der Waals surface area contributed by atoms with Gasteiger partial charge in [0.2, 0.25) is 0 Å². The van der Waals surface area contributed by atoms with E-state index in [-0.39, 0.29) is 0 Å².